The van der Waals surface area contributed by atoms with Gasteiger partial charge >= 0.3 is 5.97 Å². The predicted molar refractivity (Wildman–Crippen MR) is 88.4 cm³/mol. The summed E-state index contributed by atoms with van der Waals surface area (Å²) in [5.41, 5.74) is 1.44. The molecule has 3 aromatic rings. The summed E-state index contributed by atoms with van der Waals surface area (Å²) in [6, 6.07) is 10.5. The molecule has 3 rings (SSSR count). The van der Waals surface area contributed by atoms with E-state index in [1.54, 1.807) is 29.8 Å². The molecule has 0 aliphatic rings. The van der Waals surface area contributed by atoms with Crippen LogP contribution in [0.5, 0.6) is 0 Å². The van der Waals surface area contributed by atoms with E-state index in [4.69, 9.17) is 4.74 Å². The lowest BCUT2D eigenvalue weighted by atomic mass is 10.2. The lowest BCUT2D eigenvalue weighted by Crippen LogP contribution is -2.13. The number of thiazole rings is 1. The number of hydrogen-bond acceptors (Lipinski definition) is 4. The van der Waals surface area contributed by atoms with Gasteiger partial charge in [0.05, 0.1) is 22.9 Å². The van der Waals surface area contributed by atoms with Crippen molar-refractivity contribution in [2.45, 2.75) is 0 Å². The number of amides is 1. The Labute approximate surface area is 140 Å². The van der Waals surface area contributed by atoms with Gasteiger partial charge in [0.1, 0.15) is 5.82 Å². The predicted octanol–water partition coefficient (Wildman–Crippen LogP) is 2.91. The van der Waals surface area contributed by atoms with Crippen molar-refractivity contribution < 1.29 is 18.7 Å². The number of carbonyl (C=O) groups excluding carboxylic acids is 2. The Balaban J connectivity index is 2.07. The maximum absolute atomic E-state index is 13.2. The van der Waals surface area contributed by atoms with Crippen LogP contribution in [0.3, 0.4) is 0 Å². The minimum Gasteiger partial charge on any atom is -0.465 e. The zero-order valence-corrected chi connectivity index (χ0v) is 13.8. The van der Waals surface area contributed by atoms with E-state index in [0.29, 0.717) is 10.4 Å². The first-order valence-corrected chi connectivity index (χ1v) is 7.84. The Hall–Kier alpha value is -2.80. The molecule has 0 atom stereocenters. The molecule has 0 aliphatic carbocycles. The van der Waals surface area contributed by atoms with Gasteiger partial charge in [-0.1, -0.05) is 17.4 Å². The third kappa shape index (κ3) is 2.98. The molecule has 1 aromatic heterocycles. The molecule has 24 heavy (non-hydrogen) atoms. The van der Waals surface area contributed by atoms with Crippen molar-refractivity contribution in [3.8, 4) is 0 Å². The highest BCUT2D eigenvalue weighted by molar-refractivity contribution is 7.16. The first-order valence-electron chi connectivity index (χ1n) is 7.02. The molecule has 0 spiro atoms. The number of halogens is 1. The molecule has 0 radical (unpaired) electrons. The second kappa shape index (κ2) is 6.37. The molecule has 0 N–H and O–H groups in total. The van der Waals surface area contributed by atoms with Crippen molar-refractivity contribution in [3.63, 3.8) is 0 Å². The zero-order valence-electron chi connectivity index (χ0n) is 12.9. The highest BCUT2D eigenvalue weighted by Gasteiger charge is 2.11. The average Bonchev–Trinajstić information content (AvgIpc) is 2.89. The summed E-state index contributed by atoms with van der Waals surface area (Å²) < 4.78 is 20.5. The quantitative estimate of drug-likeness (QED) is 0.672. The summed E-state index contributed by atoms with van der Waals surface area (Å²) in [7, 11) is 3.09. The van der Waals surface area contributed by atoms with E-state index < -0.39 is 17.7 Å². The van der Waals surface area contributed by atoms with Gasteiger partial charge in [0.2, 0.25) is 0 Å². The van der Waals surface area contributed by atoms with Crippen LogP contribution in [-0.4, -0.2) is 23.6 Å². The Morgan fingerprint density at radius 2 is 1.96 bits per heavy atom. The fraction of sp³-hybridized carbons (Fsp3) is 0.118. The molecule has 0 saturated heterocycles. The molecule has 1 amide bonds. The Morgan fingerprint density at radius 3 is 2.67 bits per heavy atom. The summed E-state index contributed by atoms with van der Waals surface area (Å²) in [6.07, 6.45) is 0. The highest BCUT2D eigenvalue weighted by atomic mass is 32.1. The van der Waals surface area contributed by atoms with Crippen molar-refractivity contribution in [1.29, 1.82) is 0 Å². The van der Waals surface area contributed by atoms with E-state index in [9.17, 15) is 14.0 Å². The van der Waals surface area contributed by atoms with Gasteiger partial charge in [-0.3, -0.25) is 4.79 Å². The highest BCUT2D eigenvalue weighted by Crippen LogP contribution is 2.19. The lowest BCUT2D eigenvalue weighted by Gasteiger charge is -1.99. The van der Waals surface area contributed by atoms with Gasteiger partial charge in [0.15, 0.2) is 4.80 Å². The van der Waals surface area contributed by atoms with Crippen molar-refractivity contribution in [1.82, 2.24) is 4.57 Å². The number of aromatic nitrogens is 1. The second-order valence-electron chi connectivity index (χ2n) is 5.05. The molecular formula is C17H13FN2O3S. The largest absolute Gasteiger partial charge is 0.465 e. The first kappa shape index (κ1) is 16.1. The van der Waals surface area contributed by atoms with Gasteiger partial charge in [-0.15, -0.1) is 0 Å². The van der Waals surface area contributed by atoms with Gasteiger partial charge < -0.3 is 9.30 Å². The second-order valence-corrected chi connectivity index (χ2v) is 6.05. The topological polar surface area (TPSA) is 60.7 Å². The summed E-state index contributed by atoms with van der Waals surface area (Å²) >= 11 is 1.27. The Kier molecular flexibility index (Phi) is 4.26. The third-order valence-electron chi connectivity index (χ3n) is 3.50. The number of benzene rings is 2. The van der Waals surface area contributed by atoms with Crippen LogP contribution >= 0.6 is 11.3 Å². The number of hydrogen-bond donors (Lipinski definition) is 0. The van der Waals surface area contributed by atoms with Crippen LogP contribution in [0.1, 0.15) is 20.7 Å². The van der Waals surface area contributed by atoms with Crippen LogP contribution in [0.15, 0.2) is 47.5 Å². The molecule has 2 aromatic carbocycles. The summed E-state index contributed by atoms with van der Waals surface area (Å²) in [5.74, 6) is -1.44. The minimum atomic E-state index is -0.523. The van der Waals surface area contributed by atoms with E-state index in [1.807, 2.05) is 0 Å². The monoisotopic (exact) mass is 344 g/mol. The summed E-state index contributed by atoms with van der Waals surface area (Å²) in [5, 5.41) is 0. The first-order chi connectivity index (χ1) is 11.5. The third-order valence-corrected chi connectivity index (χ3v) is 4.59. The van der Waals surface area contributed by atoms with Gasteiger partial charge in [-0.25, -0.2) is 9.18 Å². The zero-order chi connectivity index (χ0) is 17.3. The molecule has 0 aliphatic heterocycles. The number of fused-ring (bicyclic) bond motifs is 1. The maximum atomic E-state index is 13.2. The van der Waals surface area contributed by atoms with E-state index in [2.05, 4.69) is 4.99 Å². The van der Waals surface area contributed by atoms with E-state index in [1.165, 1.54) is 36.6 Å². The standard InChI is InChI=1S/C17H13FN2O3S/c1-20-13-7-6-11(16(22)23-2)9-14(13)24-17(20)19-15(21)10-4-3-5-12(18)8-10/h3-9H,1-2H3. The summed E-state index contributed by atoms with van der Waals surface area (Å²) in [6.45, 7) is 0. The molecule has 0 unspecified atom stereocenters. The number of carbonyl (C=O) groups is 2. The molecule has 1 heterocycles. The number of nitrogens with zero attached hydrogens (tertiary/aromatic N) is 2. The smallest absolute Gasteiger partial charge is 0.337 e. The molecular weight excluding hydrogens is 331 g/mol. The van der Waals surface area contributed by atoms with Crippen LogP contribution in [0.2, 0.25) is 0 Å². The summed E-state index contributed by atoms with van der Waals surface area (Å²) in [4.78, 5) is 28.3. The normalized spacial score (nSPS) is 11.7. The molecule has 7 heteroatoms. The van der Waals surface area contributed by atoms with Crippen molar-refractivity contribution >= 4 is 33.4 Å². The number of aryl methyl sites for hydroxylation is 1. The van der Waals surface area contributed by atoms with Crippen LogP contribution < -0.4 is 4.80 Å². The molecule has 122 valence electrons. The van der Waals surface area contributed by atoms with Crippen molar-refractivity contribution in [2.24, 2.45) is 12.0 Å². The fourth-order valence-electron chi connectivity index (χ4n) is 2.26. The molecule has 5 nitrogen and oxygen atoms in total. The number of ether oxygens (including phenoxy) is 1. The minimum absolute atomic E-state index is 0.183. The molecule has 0 bridgehead atoms. The number of rotatable bonds is 2. The number of methoxy groups -OCH3 is 1. The van der Waals surface area contributed by atoms with Gasteiger partial charge in [0, 0.05) is 12.6 Å². The number of esters is 1. The molecule has 0 saturated carbocycles. The fourth-order valence-corrected chi connectivity index (χ4v) is 3.31. The maximum Gasteiger partial charge on any atom is 0.337 e. The van der Waals surface area contributed by atoms with Crippen LogP contribution in [-0.2, 0) is 11.8 Å². The van der Waals surface area contributed by atoms with E-state index in [-0.39, 0.29) is 5.56 Å². The Morgan fingerprint density at radius 1 is 1.17 bits per heavy atom. The van der Waals surface area contributed by atoms with Crippen molar-refractivity contribution in [2.75, 3.05) is 7.11 Å². The van der Waals surface area contributed by atoms with Gasteiger partial charge in [-0.2, -0.15) is 4.99 Å². The van der Waals surface area contributed by atoms with Crippen LogP contribution in [0.4, 0.5) is 4.39 Å². The van der Waals surface area contributed by atoms with Crippen LogP contribution in [0, 0.1) is 5.82 Å². The van der Waals surface area contributed by atoms with E-state index in [0.717, 1.165) is 16.3 Å². The Bertz CT molecular complexity index is 1020. The average molecular weight is 344 g/mol. The van der Waals surface area contributed by atoms with Crippen LogP contribution in [0.25, 0.3) is 10.2 Å². The van der Waals surface area contributed by atoms with Crippen molar-refractivity contribution in [3.05, 3.63) is 64.2 Å². The van der Waals surface area contributed by atoms with Gasteiger partial charge in [0.25, 0.3) is 5.91 Å². The lowest BCUT2D eigenvalue weighted by molar-refractivity contribution is 0.0601. The van der Waals surface area contributed by atoms with E-state index >= 15 is 0 Å². The molecule has 0 fully saturated rings. The van der Waals surface area contributed by atoms with Gasteiger partial charge in [-0.05, 0) is 36.4 Å². The SMILES string of the molecule is COC(=O)c1ccc2c(c1)sc(=NC(=O)c1cccc(F)c1)n2C.